The molecule has 1 aliphatic heterocycles. The lowest BCUT2D eigenvalue weighted by atomic mass is 9.73. The molecule has 8 nitrogen and oxygen atoms in total. The van der Waals surface area contributed by atoms with Gasteiger partial charge in [0.2, 0.25) is 0 Å². The fraction of sp³-hybridized carbons (Fsp3) is 0.318. The number of nitrogens with one attached hydrogen (secondary N) is 1. The van der Waals surface area contributed by atoms with Gasteiger partial charge in [-0.05, 0) is 37.3 Å². The third-order valence-electron chi connectivity index (χ3n) is 6.08. The number of halogens is 3. The molecular formula is C22H22ClF2N7OS. The molecule has 2 aromatic heterocycles. The number of hydrogen-bond acceptors (Lipinski definition) is 7. The number of pyridine rings is 1. The van der Waals surface area contributed by atoms with Crippen molar-refractivity contribution in [1.29, 1.82) is 0 Å². The van der Waals surface area contributed by atoms with Crippen LogP contribution in [0.3, 0.4) is 0 Å². The number of carbonyl (C=O) groups is 1. The van der Waals surface area contributed by atoms with Crippen LogP contribution in [0.4, 0.5) is 14.5 Å². The van der Waals surface area contributed by atoms with Crippen molar-refractivity contribution in [2.75, 3.05) is 12.0 Å². The van der Waals surface area contributed by atoms with Crippen molar-refractivity contribution in [3.05, 3.63) is 71.0 Å². The molecule has 3 N–H and O–H groups in total. The van der Waals surface area contributed by atoms with Gasteiger partial charge in [-0.15, -0.1) is 5.10 Å². The second kappa shape index (κ2) is 9.30. The lowest BCUT2D eigenvalue weighted by molar-refractivity contribution is 0.102. The summed E-state index contributed by atoms with van der Waals surface area (Å²) in [5.41, 5.74) is 4.92. The number of aromatic nitrogens is 4. The van der Waals surface area contributed by atoms with Gasteiger partial charge < -0.3 is 11.1 Å². The van der Waals surface area contributed by atoms with E-state index in [9.17, 15) is 9.18 Å². The lowest BCUT2D eigenvalue weighted by Crippen LogP contribution is -2.53. The van der Waals surface area contributed by atoms with Crippen LogP contribution in [0.1, 0.15) is 29.9 Å². The van der Waals surface area contributed by atoms with E-state index in [1.54, 1.807) is 17.1 Å². The lowest BCUT2D eigenvalue weighted by Gasteiger charge is -2.47. The molecule has 4 rings (SSSR count). The van der Waals surface area contributed by atoms with Crippen LogP contribution in [0.15, 0.2) is 53.9 Å². The molecule has 0 saturated heterocycles. The monoisotopic (exact) mass is 505 g/mol. The molecule has 1 aromatic carbocycles. The normalized spacial score (nSPS) is 24.5. The van der Waals surface area contributed by atoms with Crippen LogP contribution in [0.5, 0.6) is 0 Å². The van der Waals surface area contributed by atoms with Gasteiger partial charge in [-0.2, -0.15) is 0 Å². The first-order valence-electron chi connectivity index (χ1n) is 10.3. The number of alkyl halides is 1. The van der Waals surface area contributed by atoms with E-state index in [4.69, 9.17) is 17.3 Å². The summed E-state index contributed by atoms with van der Waals surface area (Å²) in [5, 5.41) is 11.0. The van der Waals surface area contributed by atoms with Crippen LogP contribution in [0.2, 0.25) is 5.02 Å². The van der Waals surface area contributed by atoms with Crippen molar-refractivity contribution in [1.82, 2.24) is 20.0 Å². The van der Waals surface area contributed by atoms with Crippen LogP contribution >= 0.6 is 23.4 Å². The Labute approximate surface area is 204 Å². The van der Waals surface area contributed by atoms with Gasteiger partial charge in [0.15, 0.2) is 5.17 Å². The Balaban J connectivity index is 1.71. The highest BCUT2D eigenvalue weighted by molar-refractivity contribution is 8.15. The summed E-state index contributed by atoms with van der Waals surface area (Å²) in [6.45, 7) is 3.08. The molecule has 3 atom stereocenters. The van der Waals surface area contributed by atoms with Crippen LogP contribution in [-0.2, 0) is 12.1 Å². The predicted molar refractivity (Wildman–Crippen MR) is 128 cm³/mol. The zero-order valence-electron chi connectivity index (χ0n) is 18.4. The van der Waals surface area contributed by atoms with E-state index in [1.807, 2.05) is 13.8 Å². The first kappa shape index (κ1) is 24.1. The number of amides is 1. The summed E-state index contributed by atoms with van der Waals surface area (Å²) >= 11 is 7.11. The maximum Gasteiger partial charge on any atom is 0.274 e. The summed E-state index contributed by atoms with van der Waals surface area (Å²) in [6.07, 6.45) is 4.58. The summed E-state index contributed by atoms with van der Waals surface area (Å²) in [7, 11) is 0. The number of anilines is 1. The van der Waals surface area contributed by atoms with Gasteiger partial charge in [0.25, 0.3) is 5.91 Å². The predicted octanol–water partition coefficient (Wildman–Crippen LogP) is 4.04. The highest BCUT2D eigenvalue weighted by Gasteiger charge is 2.53. The van der Waals surface area contributed by atoms with Crippen molar-refractivity contribution in [2.45, 2.75) is 30.7 Å². The minimum atomic E-state index is -1.60. The first-order chi connectivity index (χ1) is 16.2. The Morgan fingerprint density at radius 2 is 2.15 bits per heavy atom. The highest BCUT2D eigenvalue weighted by Crippen LogP contribution is 2.51. The average Bonchev–Trinajstić information content (AvgIpc) is 3.30. The van der Waals surface area contributed by atoms with Crippen LogP contribution < -0.4 is 11.1 Å². The summed E-state index contributed by atoms with van der Waals surface area (Å²) in [6, 6.07) is 6.95. The van der Waals surface area contributed by atoms with E-state index in [2.05, 4.69) is 25.6 Å². The number of thioether (sulfide) groups is 1. The number of hydrogen-bond donors (Lipinski definition) is 2. The third-order valence-corrected chi connectivity index (χ3v) is 7.55. The zero-order valence-corrected chi connectivity index (χ0v) is 19.9. The topological polar surface area (TPSA) is 111 Å². The van der Waals surface area contributed by atoms with Crippen molar-refractivity contribution in [2.24, 2.45) is 16.6 Å². The van der Waals surface area contributed by atoms with E-state index in [1.165, 1.54) is 48.3 Å². The van der Waals surface area contributed by atoms with Gasteiger partial charge in [-0.3, -0.25) is 9.48 Å². The molecule has 3 heterocycles. The molecule has 0 bridgehead atoms. The van der Waals surface area contributed by atoms with Crippen LogP contribution in [0.25, 0.3) is 0 Å². The largest absolute Gasteiger partial charge is 0.378 e. The molecule has 1 amide bonds. The van der Waals surface area contributed by atoms with E-state index in [-0.39, 0.29) is 22.1 Å². The number of rotatable bonds is 6. The number of benzene rings is 1. The van der Waals surface area contributed by atoms with Gasteiger partial charge in [0.05, 0.1) is 17.8 Å². The molecule has 0 unspecified atom stereocenters. The molecule has 0 fully saturated rings. The molecule has 1 aliphatic rings. The molecule has 12 heteroatoms. The second-order valence-corrected chi connectivity index (χ2v) is 10.2. The average molecular weight is 506 g/mol. The third kappa shape index (κ3) is 4.49. The number of aliphatic imine (C=N–C) groups is 1. The molecule has 0 saturated carbocycles. The molecule has 0 spiro atoms. The van der Waals surface area contributed by atoms with Crippen LogP contribution in [0, 0.1) is 11.7 Å². The smallest absolute Gasteiger partial charge is 0.274 e. The van der Waals surface area contributed by atoms with Gasteiger partial charge in [0.1, 0.15) is 23.7 Å². The number of carbonyl (C=O) groups excluding carboxylic acids is 1. The van der Waals surface area contributed by atoms with Crippen molar-refractivity contribution in [3.63, 3.8) is 0 Å². The van der Waals surface area contributed by atoms with Gasteiger partial charge in [-0.1, -0.05) is 35.5 Å². The van der Waals surface area contributed by atoms with Crippen molar-refractivity contribution in [3.8, 4) is 0 Å². The molecule has 0 aliphatic carbocycles. The van der Waals surface area contributed by atoms with Crippen molar-refractivity contribution < 1.29 is 13.6 Å². The molecule has 34 heavy (non-hydrogen) atoms. The van der Waals surface area contributed by atoms with E-state index >= 15 is 4.39 Å². The Morgan fingerprint density at radius 3 is 2.79 bits per heavy atom. The Hall–Kier alpha value is -3.05. The maximum absolute atomic E-state index is 15.2. The minimum Gasteiger partial charge on any atom is -0.378 e. The molecular weight excluding hydrogens is 484 g/mol. The fourth-order valence-corrected chi connectivity index (χ4v) is 5.47. The van der Waals surface area contributed by atoms with E-state index in [0.717, 1.165) is 0 Å². The van der Waals surface area contributed by atoms with E-state index < -0.39 is 34.6 Å². The second-order valence-electron chi connectivity index (χ2n) is 8.26. The highest BCUT2D eigenvalue weighted by atomic mass is 35.5. The summed E-state index contributed by atoms with van der Waals surface area (Å²) < 4.78 is 31.0. The maximum atomic E-state index is 15.2. The number of nitrogens with zero attached hydrogens (tertiary/aromatic N) is 5. The van der Waals surface area contributed by atoms with Crippen LogP contribution in [-0.4, -0.2) is 42.5 Å². The quantitative estimate of drug-likeness (QED) is 0.523. The summed E-state index contributed by atoms with van der Waals surface area (Å²) in [4.78, 5) is 21.0. The zero-order chi connectivity index (χ0) is 24.5. The Morgan fingerprint density at radius 1 is 1.35 bits per heavy atom. The van der Waals surface area contributed by atoms with Crippen molar-refractivity contribution >= 4 is 40.1 Å². The molecule has 0 radical (unpaired) electrons. The molecule has 3 aromatic rings. The van der Waals surface area contributed by atoms with Gasteiger partial charge >= 0.3 is 0 Å². The Bertz CT molecular complexity index is 1220. The minimum absolute atomic E-state index is 0.00238. The molecule has 178 valence electrons. The van der Waals surface area contributed by atoms with Gasteiger partial charge in [0, 0.05) is 34.3 Å². The fourth-order valence-electron chi connectivity index (χ4n) is 4.11. The standard InChI is InChI=1S/C22H22ClF2N7OS/c1-13-21(2,12-32-8-7-28-31-32)34-20(26)30-22(13,11-24)16-9-15(4-5-17(16)25)29-19(33)18-6-3-14(23)10-27-18/h3-10,13H,11-12H2,1-2H3,(H2,26,30)(H,29,33)/t13-,21-,22+/m1/s1. The Kier molecular flexibility index (Phi) is 6.59. The van der Waals surface area contributed by atoms with Gasteiger partial charge in [-0.25, -0.2) is 18.8 Å². The number of nitrogens with two attached hydrogens (primary N) is 1. The number of amidine groups is 1. The first-order valence-corrected chi connectivity index (χ1v) is 11.5. The SMILES string of the molecule is C[C@@H]1[C@@](C)(Cn2ccnn2)SC(N)=N[C@]1(CF)c1cc(NC(=O)c2ccc(Cl)cn2)ccc1F. The summed E-state index contributed by atoms with van der Waals surface area (Å²) in [5.74, 6) is -1.68. The van der Waals surface area contributed by atoms with E-state index in [0.29, 0.717) is 11.6 Å².